The summed E-state index contributed by atoms with van der Waals surface area (Å²) in [5, 5.41) is 2.42. The number of hydrogen-bond acceptors (Lipinski definition) is 3. The van der Waals surface area contributed by atoms with Gasteiger partial charge in [-0.25, -0.2) is 0 Å². The van der Waals surface area contributed by atoms with E-state index in [2.05, 4.69) is 5.32 Å². The number of hydrogen-bond donors (Lipinski definition) is 2. The molecule has 1 fully saturated rings. The van der Waals surface area contributed by atoms with E-state index < -0.39 is 17.2 Å². The SMILES string of the molecule is CC(=O)NC1(C(=O)C(N)=O)CC1. The van der Waals surface area contributed by atoms with E-state index in [1.807, 2.05) is 0 Å². The van der Waals surface area contributed by atoms with Crippen LogP contribution in [0.15, 0.2) is 0 Å². The third-order valence-electron chi connectivity index (χ3n) is 1.82. The second kappa shape index (κ2) is 2.58. The van der Waals surface area contributed by atoms with Crippen LogP contribution in [0, 0.1) is 0 Å². The Bertz CT molecular complexity index is 255. The van der Waals surface area contributed by atoms with Gasteiger partial charge in [0.05, 0.1) is 0 Å². The van der Waals surface area contributed by atoms with Crippen LogP contribution in [0.1, 0.15) is 19.8 Å². The second-order valence-corrected chi connectivity index (χ2v) is 2.96. The van der Waals surface area contributed by atoms with Gasteiger partial charge in [-0.3, -0.25) is 14.4 Å². The van der Waals surface area contributed by atoms with Gasteiger partial charge in [0.2, 0.25) is 11.7 Å². The van der Waals surface area contributed by atoms with Gasteiger partial charge in [-0.1, -0.05) is 0 Å². The molecule has 0 radical (unpaired) electrons. The molecule has 0 unspecified atom stereocenters. The first-order valence-electron chi connectivity index (χ1n) is 3.61. The van der Waals surface area contributed by atoms with Crippen LogP contribution in [-0.2, 0) is 14.4 Å². The van der Waals surface area contributed by atoms with E-state index in [9.17, 15) is 14.4 Å². The van der Waals surface area contributed by atoms with E-state index in [1.54, 1.807) is 0 Å². The predicted molar refractivity (Wildman–Crippen MR) is 40.0 cm³/mol. The fourth-order valence-corrected chi connectivity index (χ4v) is 1.11. The van der Waals surface area contributed by atoms with Crippen molar-refractivity contribution in [3.05, 3.63) is 0 Å². The van der Waals surface area contributed by atoms with Crippen molar-refractivity contribution in [1.29, 1.82) is 0 Å². The van der Waals surface area contributed by atoms with Crippen LogP contribution in [0.4, 0.5) is 0 Å². The molecule has 0 aromatic rings. The van der Waals surface area contributed by atoms with Crippen molar-refractivity contribution in [2.45, 2.75) is 25.3 Å². The van der Waals surface area contributed by atoms with Crippen LogP contribution in [0.3, 0.4) is 0 Å². The van der Waals surface area contributed by atoms with E-state index >= 15 is 0 Å². The number of nitrogens with one attached hydrogen (secondary N) is 1. The molecular formula is C7H10N2O3. The molecule has 5 nitrogen and oxygen atoms in total. The third kappa shape index (κ3) is 1.44. The van der Waals surface area contributed by atoms with Crippen molar-refractivity contribution in [1.82, 2.24) is 5.32 Å². The lowest BCUT2D eigenvalue weighted by atomic mass is 10.1. The van der Waals surface area contributed by atoms with E-state index in [4.69, 9.17) is 5.73 Å². The van der Waals surface area contributed by atoms with Gasteiger partial charge in [-0.2, -0.15) is 0 Å². The minimum atomic E-state index is -0.985. The normalized spacial score (nSPS) is 18.1. The number of Topliss-reactive ketones (excluding diaryl/α,β-unsaturated/α-hetero) is 1. The summed E-state index contributed by atoms with van der Waals surface area (Å²) in [6.07, 6.45) is 1.02. The summed E-state index contributed by atoms with van der Waals surface area (Å²) in [4.78, 5) is 32.2. The standard InChI is InChI=1S/C7H10N2O3/c1-4(10)9-7(2-3-7)5(11)6(8)12/h2-3H2,1H3,(H2,8,12)(H,9,10). The molecule has 0 aromatic heterocycles. The van der Waals surface area contributed by atoms with E-state index in [0.717, 1.165) is 0 Å². The minimum absolute atomic E-state index is 0.317. The summed E-state index contributed by atoms with van der Waals surface area (Å²) in [6.45, 7) is 1.30. The average Bonchev–Trinajstić information content (AvgIpc) is 2.66. The van der Waals surface area contributed by atoms with Crippen molar-refractivity contribution < 1.29 is 14.4 Å². The van der Waals surface area contributed by atoms with E-state index in [0.29, 0.717) is 12.8 Å². The number of carbonyl (C=O) groups excluding carboxylic acids is 3. The Hall–Kier alpha value is -1.39. The second-order valence-electron chi connectivity index (χ2n) is 2.96. The van der Waals surface area contributed by atoms with Gasteiger partial charge in [0.15, 0.2) is 0 Å². The highest BCUT2D eigenvalue weighted by Gasteiger charge is 2.52. The highest BCUT2D eigenvalue weighted by Crippen LogP contribution is 2.36. The maximum absolute atomic E-state index is 11.1. The first-order chi connectivity index (χ1) is 5.48. The Kier molecular flexibility index (Phi) is 1.87. The predicted octanol–water partition coefficient (Wildman–Crippen LogP) is -1.29. The van der Waals surface area contributed by atoms with Crippen molar-refractivity contribution >= 4 is 17.6 Å². The molecule has 1 aliphatic rings. The molecule has 1 rings (SSSR count). The molecule has 0 saturated heterocycles. The van der Waals surface area contributed by atoms with Crippen molar-refractivity contribution in [2.75, 3.05) is 0 Å². The average molecular weight is 170 g/mol. The Labute approximate surface area is 69.3 Å². The van der Waals surface area contributed by atoms with Crippen LogP contribution >= 0.6 is 0 Å². The minimum Gasteiger partial charge on any atom is -0.363 e. The van der Waals surface area contributed by atoms with Crippen molar-refractivity contribution in [3.63, 3.8) is 0 Å². The summed E-state index contributed by atoms with van der Waals surface area (Å²) < 4.78 is 0. The third-order valence-corrected chi connectivity index (χ3v) is 1.82. The number of rotatable bonds is 3. The van der Waals surface area contributed by atoms with E-state index in [-0.39, 0.29) is 5.91 Å². The first kappa shape index (κ1) is 8.70. The Morgan fingerprint density at radius 1 is 1.33 bits per heavy atom. The molecule has 0 spiro atoms. The van der Waals surface area contributed by atoms with Crippen molar-refractivity contribution in [3.8, 4) is 0 Å². The van der Waals surface area contributed by atoms with Gasteiger partial charge in [0.1, 0.15) is 5.54 Å². The number of ketones is 1. The topological polar surface area (TPSA) is 89.3 Å². The smallest absolute Gasteiger partial charge is 0.287 e. The number of amides is 2. The van der Waals surface area contributed by atoms with Crippen LogP contribution in [0.5, 0.6) is 0 Å². The Morgan fingerprint density at radius 2 is 1.83 bits per heavy atom. The molecule has 66 valence electrons. The van der Waals surface area contributed by atoms with Crippen LogP contribution in [-0.4, -0.2) is 23.1 Å². The fraction of sp³-hybridized carbons (Fsp3) is 0.571. The van der Waals surface area contributed by atoms with Gasteiger partial charge < -0.3 is 11.1 Å². The molecule has 0 heterocycles. The summed E-state index contributed by atoms with van der Waals surface area (Å²) in [6, 6.07) is 0. The van der Waals surface area contributed by atoms with Gasteiger partial charge in [0, 0.05) is 6.92 Å². The largest absolute Gasteiger partial charge is 0.363 e. The molecule has 1 saturated carbocycles. The lowest BCUT2D eigenvalue weighted by Crippen LogP contribution is -2.47. The zero-order valence-electron chi connectivity index (χ0n) is 6.72. The molecule has 5 heteroatoms. The number of primary amides is 1. The summed E-state index contributed by atoms with van der Waals surface area (Å²) >= 11 is 0. The molecule has 2 amide bonds. The molecule has 0 aliphatic heterocycles. The Balaban J connectivity index is 2.66. The molecule has 0 bridgehead atoms. The summed E-state index contributed by atoms with van der Waals surface area (Å²) in [5.74, 6) is -2.00. The molecule has 0 aromatic carbocycles. The van der Waals surface area contributed by atoms with Gasteiger partial charge in [-0.05, 0) is 12.8 Å². The number of nitrogens with two attached hydrogens (primary N) is 1. The Morgan fingerprint density at radius 3 is 2.08 bits per heavy atom. The maximum Gasteiger partial charge on any atom is 0.287 e. The quantitative estimate of drug-likeness (QED) is 0.516. The number of carbonyl (C=O) groups is 3. The summed E-state index contributed by atoms with van der Waals surface area (Å²) in [5.41, 5.74) is 3.84. The van der Waals surface area contributed by atoms with Gasteiger partial charge in [-0.15, -0.1) is 0 Å². The molecule has 3 N–H and O–H groups in total. The zero-order valence-corrected chi connectivity index (χ0v) is 6.72. The molecule has 1 aliphatic carbocycles. The zero-order chi connectivity index (χ0) is 9.35. The molecular weight excluding hydrogens is 160 g/mol. The lowest BCUT2D eigenvalue weighted by molar-refractivity contribution is -0.138. The molecule has 0 atom stereocenters. The van der Waals surface area contributed by atoms with Crippen molar-refractivity contribution in [2.24, 2.45) is 5.73 Å². The highest BCUT2D eigenvalue weighted by atomic mass is 16.2. The van der Waals surface area contributed by atoms with Crippen LogP contribution in [0.2, 0.25) is 0 Å². The summed E-state index contributed by atoms with van der Waals surface area (Å²) in [7, 11) is 0. The van der Waals surface area contributed by atoms with Crippen LogP contribution < -0.4 is 11.1 Å². The van der Waals surface area contributed by atoms with Gasteiger partial charge >= 0.3 is 0 Å². The highest BCUT2D eigenvalue weighted by molar-refractivity contribution is 6.40. The first-order valence-corrected chi connectivity index (χ1v) is 3.61. The van der Waals surface area contributed by atoms with E-state index in [1.165, 1.54) is 6.92 Å². The molecule has 12 heavy (non-hydrogen) atoms. The lowest BCUT2D eigenvalue weighted by Gasteiger charge is -2.11. The fourth-order valence-electron chi connectivity index (χ4n) is 1.11. The monoisotopic (exact) mass is 170 g/mol. The van der Waals surface area contributed by atoms with Gasteiger partial charge in [0.25, 0.3) is 5.91 Å². The van der Waals surface area contributed by atoms with Crippen LogP contribution in [0.25, 0.3) is 0 Å². The maximum atomic E-state index is 11.1.